The van der Waals surface area contributed by atoms with E-state index in [1.807, 2.05) is 0 Å². The molecule has 0 aliphatic carbocycles. The molecular formula is C31H25ClF4N2O5S. The van der Waals surface area contributed by atoms with E-state index in [-0.39, 0.29) is 40.7 Å². The highest BCUT2D eigenvalue weighted by atomic mass is 35.5. The first-order chi connectivity index (χ1) is 20.8. The third-order valence-electron chi connectivity index (χ3n) is 7.04. The number of sulfonamides is 1. The van der Waals surface area contributed by atoms with E-state index in [2.05, 4.69) is 5.32 Å². The van der Waals surface area contributed by atoms with Crippen LogP contribution >= 0.6 is 11.6 Å². The smallest absolute Gasteiger partial charge is 0.419 e. The molecule has 5 rings (SSSR count). The molecule has 0 unspecified atom stereocenters. The number of methoxy groups -OCH3 is 1. The molecule has 0 bridgehead atoms. The van der Waals surface area contributed by atoms with E-state index in [0.29, 0.717) is 40.5 Å². The second-order valence-electron chi connectivity index (χ2n) is 9.93. The number of carbonyl (C=O) groups is 1. The van der Waals surface area contributed by atoms with Crippen LogP contribution in [0.4, 0.5) is 23.2 Å². The lowest BCUT2D eigenvalue weighted by Crippen LogP contribution is -2.36. The van der Waals surface area contributed by atoms with E-state index >= 15 is 0 Å². The molecule has 0 atom stereocenters. The summed E-state index contributed by atoms with van der Waals surface area (Å²) in [5.74, 6) is -0.409. The summed E-state index contributed by atoms with van der Waals surface area (Å²) in [6.45, 7) is 0.124. The number of ether oxygens (including phenoxy) is 2. The highest BCUT2D eigenvalue weighted by Crippen LogP contribution is 2.36. The average Bonchev–Trinajstić information content (AvgIpc) is 2.98. The van der Waals surface area contributed by atoms with Gasteiger partial charge in [-0.15, -0.1) is 0 Å². The van der Waals surface area contributed by atoms with Crippen LogP contribution in [0.2, 0.25) is 5.02 Å². The van der Waals surface area contributed by atoms with Crippen molar-refractivity contribution in [1.29, 1.82) is 0 Å². The molecule has 4 aromatic carbocycles. The van der Waals surface area contributed by atoms with Gasteiger partial charge in [-0.1, -0.05) is 23.7 Å². The molecule has 0 fully saturated rings. The number of carbonyl (C=O) groups excluding carboxylic acids is 1. The van der Waals surface area contributed by atoms with Gasteiger partial charge >= 0.3 is 6.18 Å². The second-order valence-corrected chi connectivity index (χ2v) is 12.3. The Morgan fingerprint density at radius 3 is 2.20 bits per heavy atom. The molecule has 44 heavy (non-hydrogen) atoms. The van der Waals surface area contributed by atoms with Crippen LogP contribution in [0.15, 0.2) is 83.8 Å². The van der Waals surface area contributed by atoms with Gasteiger partial charge in [0.25, 0.3) is 0 Å². The lowest BCUT2D eigenvalue weighted by atomic mass is 9.98. The quantitative estimate of drug-likeness (QED) is 0.204. The molecule has 0 spiro atoms. The molecule has 1 aliphatic heterocycles. The largest absolute Gasteiger partial charge is 0.497 e. The summed E-state index contributed by atoms with van der Waals surface area (Å²) in [4.78, 5) is 12.8. The van der Waals surface area contributed by atoms with Gasteiger partial charge in [-0.2, -0.15) is 17.5 Å². The first-order valence-corrected chi connectivity index (χ1v) is 15.0. The number of rotatable bonds is 8. The standard InChI is InChI=1S/C31H25ClF4N2O5S/c1-42-21-4-6-22(7-5-21)43-23-8-10-24(11-9-23)44(40,41)38-15-14-25-20(18-38)3-13-27(32)30(25)37-29(39)17-19-2-12-26(28(33)16-19)31(34,35)36/h2-13,16H,14-15,17-18H2,1H3,(H,37,39). The van der Waals surface area contributed by atoms with Crippen molar-refractivity contribution < 1.29 is 40.2 Å². The Hall–Kier alpha value is -4.13. The number of alkyl halides is 3. The summed E-state index contributed by atoms with van der Waals surface area (Å²) >= 11 is 6.36. The highest BCUT2D eigenvalue weighted by Gasteiger charge is 2.34. The third-order valence-corrected chi connectivity index (χ3v) is 9.22. The predicted molar refractivity (Wildman–Crippen MR) is 156 cm³/mol. The number of halogens is 5. The SMILES string of the molecule is COc1ccc(Oc2ccc(S(=O)(=O)N3CCc4c(ccc(Cl)c4NC(=O)Cc4ccc(C(F)(F)F)c(F)c4)C3)cc2)cc1. The molecular weight excluding hydrogens is 624 g/mol. The number of nitrogens with one attached hydrogen (secondary N) is 1. The van der Waals surface area contributed by atoms with Gasteiger partial charge in [-0.05, 0) is 89.8 Å². The van der Waals surface area contributed by atoms with Crippen molar-refractivity contribution in [2.75, 3.05) is 19.0 Å². The molecule has 7 nitrogen and oxygen atoms in total. The zero-order valence-corrected chi connectivity index (χ0v) is 24.7. The third kappa shape index (κ3) is 6.82. The lowest BCUT2D eigenvalue weighted by Gasteiger charge is -2.30. The van der Waals surface area contributed by atoms with Crippen LogP contribution in [0.5, 0.6) is 17.2 Å². The average molecular weight is 649 g/mol. The molecule has 0 saturated carbocycles. The van der Waals surface area contributed by atoms with Crippen LogP contribution in [0, 0.1) is 5.82 Å². The number of amides is 1. The molecule has 0 radical (unpaired) electrons. The molecule has 0 saturated heterocycles. The molecule has 1 N–H and O–H groups in total. The van der Waals surface area contributed by atoms with Gasteiger partial charge in [0.1, 0.15) is 23.1 Å². The molecule has 1 aliphatic rings. The van der Waals surface area contributed by atoms with Crippen molar-refractivity contribution in [2.24, 2.45) is 0 Å². The summed E-state index contributed by atoms with van der Waals surface area (Å²) < 4.78 is 91.7. The number of hydrogen-bond acceptors (Lipinski definition) is 5. The fourth-order valence-electron chi connectivity index (χ4n) is 4.82. The molecule has 13 heteroatoms. The van der Waals surface area contributed by atoms with Crippen LogP contribution in [0.3, 0.4) is 0 Å². The number of benzene rings is 4. The van der Waals surface area contributed by atoms with Crippen molar-refractivity contribution >= 4 is 33.2 Å². The maximum atomic E-state index is 14.0. The Balaban J connectivity index is 1.27. The van der Waals surface area contributed by atoms with E-state index in [1.165, 1.54) is 22.5 Å². The molecule has 4 aromatic rings. The fraction of sp³-hybridized carbons (Fsp3) is 0.194. The minimum absolute atomic E-state index is 0.0198. The number of anilines is 1. The van der Waals surface area contributed by atoms with Crippen molar-refractivity contribution in [3.63, 3.8) is 0 Å². The first-order valence-electron chi connectivity index (χ1n) is 13.2. The van der Waals surface area contributed by atoms with Gasteiger partial charge in [0.2, 0.25) is 15.9 Å². The van der Waals surface area contributed by atoms with Gasteiger partial charge < -0.3 is 14.8 Å². The number of nitrogens with zero attached hydrogens (tertiary/aromatic N) is 1. The molecule has 1 amide bonds. The Labute approximate surface area is 256 Å². The van der Waals surface area contributed by atoms with Gasteiger partial charge in [0.15, 0.2) is 0 Å². The summed E-state index contributed by atoms with van der Waals surface area (Å²) in [5, 5.41) is 2.87. The Bertz CT molecular complexity index is 1800. The molecule has 230 valence electrons. The van der Waals surface area contributed by atoms with Crippen molar-refractivity contribution in [3.8, 4) is 17.2 Å². The van der Waals surface area contributed by atoms with Crippen molar-refractivity contribution in [2.45, 2.75) is 30.5 Å². The maximum Gasteiger partial charge on any atom is 0.419 e. The predicted octanol–water partition coefficient (Wildman–Crippen LogP) is 7.23. The van der Waals surface area contributed by atoms with E-state index in [9.17, 15) is 30.8 Å². The first kappa shape index (κ1) is 31.3. The van der Waals surface area contributed by atoms with Crippen LogP contribution < -0.4 is 14.8 Å². The van der Waals surface area contributed by atoms with Crippen molar-refractivity contribution in [3.05, 3.63) is 112 Å². The van der Waals surface area contributed by atoms with E-state index in [1.54, 1.807) is 49.6 Å². The molecule has 0 aromatic heterocycles. The van der Waals surface area contributed by atoms with Gasteiger partial charge in [0.05, 0.1) is 34.7 Å². The van der Waals surface area contributed by atoms with Gasteiger partial charge in [-0.25, -0.2) is 12.8 Å². The van der Waals surface area contributed by atoms with E-state index in [0.717, 1.165) is 6.07 Å². The minimum Gasteiger partial charge on any atom is -0.497 e. The second kappa shape index (κ2) is 12.5. The van der Waals surface area contributed by atoms with Crippen molar-refractivity contribution in [1.82, 2.24) is 4.31 Å². The number of fused-ring (bicyclic) bond motifs is 1. The Morgan fingerprint density at radius 1 is 0.955 bits per heavy atom. The van der Waals surface area contributed by atoms with Gasteiger partial charge in [-0.3, -0.25) is 4.79 Å². The number of hydrogen-bond donors (Lipinski definition) is 1. The normalized spacial score (nSPS) is 13.7. The van der Waals surface area contributed by atoms with Crippen LogP contribution in [-0.4, -0.2) is 32.3 Å². The fourth-order valence-corrected chi connectivity index (χ4v) is 6.46. The van der Waals surface area contributed by atoms with E-state index in [4.69, 9.17) is 21.1 Å². The Morgan fingerprint density at radius 2 is 1.59 bits per heavy atom. The summed E-state index contributed by atoms with van der Waals surface area (Å²) in [5.41, 5.74) is 0.170. The zero-order valence-electron chi connectivity index (χ0n) is 23.1. The topological polar surface area (TPSA) is 84.9 Å². The zero-order chi connectivity index (χ0) is 31.6. The summed E-state index contributed by atoms with van der Waals surface area (Å²) in [6, 6.07) is 18.5. The Kier molecular flexibility index (Phi) is 8.87. The minimum atomic E-state index is -4.85. The van der Waals surface area contributed by atoms with E-state index < -0.39 is 39.9 Å². The lowest BCUT2D eigenvalue weighted by molar-refractivity contribution is -0.140. The maximum absolute atomic E-state index is 14.0. The van der Waals surface area contributed by atoms with Crippen LogP contribution in [-0.2, 0) is 40.4 Å². The van der Waals surface area contributed by atoms with Crippen LogP contribution in [0.25, 0.3) is 0 Å². The van der Waals surface area contributed by atoms with Gasteiger partial charge in [0, 0.05) is 13.1 Å². The monoisotopic (exact) mass is 648 g/mol. The summed E-state index contributed by atoms with van der Waals surface area (Å²) in [6.07, 6.45) is -5.01. The summed E-state index contributed by atoms with van der Waals surface area (Å²) in [7, 11) is -2.33. The highest BCUT2D eigenvalue weighted by molar-refractivity contribution is 7.89. The molecule has 1 heterocycles. The van der Waals surface area contributed by atoms with Crippen LogP contribution in [0.1, 0.15) is 22.3 Å².